The second-order valence-electron chi connectivity index (χ2n) is 6.33. The molecule has 0 unspecified atom stereocenters. The minimum Gasteiger partial charge on any atom is -0.465 e. The van der Waals surface area contributed by atoms with Gasteiger partial charge in [0.05, 0.1) is 5.41 Å². The summed E-state index contributed by atoms with van der Waals surface area (Å²) in [4.78, 5) is 24.9. The van der Waals surface area contributed by atoms with E-state index in [1.54, 1.807) is 0 Å². The third kappa shape index (κ3) is 5.06. The third-order valence-corrected chi connectivity index (χ3v) is 3.41. The SMILES string of the molecule is CN(C)CCNC(=O)C1(CC(C)(C)NC(=O)O)CC1. The van der Waals surface area contributed by atoms with Crippen LogP contribution < -0.4 is 10.6 Å². The highest BCUT2D eigenvalue weighted by Gasteiger charge is 2.52. The number of nitrogens with one attached hydrogen (secondary N) is 2. The Balaban J connectivity index is 2.47. The Bertz CT molecular complexity index is 349. The van der Waals surface area contributed by atoms with Crippen LogP contribution in [0.1, 0.15) is 33.1 Å². The van der Waals surface area contributed by atoms with Crippen molar-refractivity contribution in [1.82, 2.24) is 15.5 Å². The molecule has 0 aromatic carbocycles. The van der Waals surface area contributed by atoms with Crippen molar-refractivity contribution in [2.45, 2.75) is 38.6 Å². The number of nitrogens with zero attached hydrogens (tertiary/aromatic N) is 1. The number of amides is 2. The maximum absolute atomic E-state index is 12.2. The van der Waals surface area contributed by atoms with Crippen LogP contribution in [0.25, 0.3) is 0 Å². The minimum atomic E-state index is -1.05. The molecule has 1 saturated carbocycles. The number of hydrogen-bond acceptors (Lipinski definition) is 3. The van der Waals surface area contributed by atoms with Gasteiger partial charge in [0.15, 0.2) is 0 Å². The van der Waals surface area contributed by atoms with Crippen molar-refractivity contribution in [3.05, 3.63) is 0 Å². The Morgan fingerprint density at radius 1 is 1.32 bits per heavy atom. The largest absolute Gasteiger partial charge is 0.465 e. The van der Waals surface area contributed by atoms with Gasteiger partial charge in [0, 0.05) is 18.6 Å². The number of rotatable bonds is 7. The number of carboxylic acid groups (broad SMARTS) is 1. The summed E-state index contributed by atoms with van der Waals surface area (Å²) >= 11 is 0. The van der Waals surface area contributed by atoms with Crippen molar-refractivity contribution < 1.29 is 14.7 Å². The first-order valence-electron chi connectivity index (χ1n) is 6.61. The first-order chi connectivity index (χ1) is 8.67. The lowest BCUT2D eigenvalue weighted by molar-refractivity contribution is -0.127. The van der Waals surface area contributed by atoms with Gasteiger partial charge in [-0.05, 0) is 47.2 Å². The van der Waals surface area contributed by atoms with E-state index >= 15 is 0 Å². The molecule has 0 aliphatic heterocycles. The molecule has 110 valence electrons. The van der Waals surface area contributed by atoms with Crippen LogP contribution in [0.3, 0.4) is 0 Å². The van der Waals surface area contributed by atoms with Crippen LogP contribution in [-0.2, 0) is 4.79 Å². The van der Waals surface area contributed by atoms with Gasteiger partial charge >= 0.3 is 6.09 Å². The summed E-state index contributed by atoms with van der Waals surface area (Å²) in [5, 5.41) is 14.2. The Kier molecular flexibility index (Phi) is 4.79. The van der Waals surface area contributed by atoms with Gasteiger partial charge in [-0.2, -0.15) is 0 Å². The normalized spacial score (nSPS) is 17.1. The highest BCUT2D eigenvalue weighted by atomic mass is 16.4. The number of hydrogen-bond donors (Lipinski definition) is 3. The molecule has 0 heterocycles. The van der Waals surface area contributed by atoms with Crippen molar-refractivity contribution in [3.63, 3.8) is 0 Å². The zero-order valence-corrected chi connectivity index (χ0v) is 12.2. The highest BCUT2D eigenvalue weighted by molar-refractivity contribution is 5.85. The standard InChI is InChI=1S/C13H25N3O3/c1-12(2,15-11(18)19)9-13(5-6-13)10(17)14-7-8-16(3)4/h15H,5-9H2,1-4H3,(H,14,17)(H,18,19). The molecule has 6 nitrogen and oxygen atoms in total. The van der Waals surface area contributed by atoms with Gasteiger partial charge in [0.1, 0.15) is 0 Å². The lowest BCUT2D eigenvalue weighted by atomic mass is 9.87. The monoisotopic (exact) mass is 271 g/mol. The van der Waals surface area contributed by atoms with Crippen LogP contribution in [0.4, 0.5) is 4.79 Å². The Hall–Kier alpha value is -1.30. The lowest BCUT2D eigenvalue weighted by Gasteiger charge is -2.29. The van der Waals surface area contributed by atoms with Crippen LogP contribution in [0.2, 0.25) is 0 Å². The van der Waals surface area contributed by atoms with Crippen molar-refractivity contribution in [2.24, 2.45) is 5.41 Å². The zero-order chi connectivity index (χ0) is 14.7. The quantitative estimate of drug-likeness (QED) is 0.642. The molecule has 0 saturated heterocycles. The summed E-state index contributed by atoms with van der Waals surface area (Å²) in [7, 11) is 3.91. The Morgan fingerprint density at radius 3 is 2.32 bits per heavy atom. The molecule has 3 N–H and O–H groups in total. The summed E-state index contributed by atoms with van der Waals surface area (Å²) in [5.41, 5.74) is -0.959. The van der Waals surface area contributed by atoms with Crippen molar-refractivity contribution in [3.8, 4) is 0 Å². The van der Waals surface area contributed by atoms with E-state index in [2.05, 4.69) is 10.6 Å². The molecule has 1 rings (SSSR count). The van der Waals surface area contributed by atoms with E-state index in [0.717, 1.165) is 19.4 Å². The molecule has 1 fully saturated rings. The molecule has 6 heteroatoms. The van der Waals surface area contributed by atoms with Crippen LogP contribution in [0.15, 0.2) is 0 Å². The molecule has 1 aliphatic carbocycles. The van der Waals surface area contributed by atoms with Crippen LogP contribution in [0.5, 0.6) is 0 Å². The van der Waals surface area contributed by atoms with Gasteiger partial charge in [-0.3, -0.25) is 4.79 Å². The summed E-state index contributed by atoms with van der Waals surface area (Å²) < 4.78 is 0. The molecule has 0 atom stereocenters. The van der Waals surface area contributed by atoms with Gasteiger partial charge in [0.2, 0.25) is 5.91 Å². The van der Waals surface area contributed by atoms with E-state index in [9.17, 15) is 9.59 Å². The van der Waals surface area contributed by atoms with E-state index in [4.69, 9.17) is 5.11 Å². The van der Waals surface area contributed by atoms with Gasteiger partial charge in [-0.15, -0.1) is 0 Å². The average molecular weight is 271 g/mol. The fourth-order valence-corrected chi connectivity index (χ4v) is 2.40. The summed E-state index contributed by atoms with van der Waals surface area (Å²) in [6.45, 7) is 5.06. The lowest BCUT2D eigenvalue weighted by Crippen LogP contribution is -2.47. The van der Waals surface area contributed by atoms with E-state index in [-0.39, 0.29) is 11.3 Å². The van der Waals surface area contributed by atoms with Gasteiger partial charge in [-0.25, -0.2) is 4.79 Å². The second kappa shape index (κ2) is 5.77. The summed E-state index contributed by atoms with van der Waals surface area (Å²) in [5.74, 6) is 0.0506. The highest BCUT2D eigenvalue weighted by Crippen LogP contribution is 2.51. The van der Waals surface area contributed by atoms with Crippen LogP contribution in [0, 0.1) is 5.41 Å². The van der Waals surface area contributed by atoms with Crippen LogP contribution >= 0.6 is 0 Å². The van der Waals surface area contributed by atoms with Gasteiger partial charge in [-0.1, -0.05) is 0 Å². The topological polar surface area (TPSA) is 81.7 Å². The number of carbonyl (C=O) groups excluding carboxylic acids is 1. The van der Waals surface area contributed by atoms with Crippen molar-refractivity contribution >= 4 is 12.0 Å². The molecule has 0 spiro atoms. The molecule has 0 aromatic rings. The molecule has 19 heavy (non-hydrogen) atoms. The Labute approximate surface area is 114 Å². The maximum atomic E-state index is 12.2. The van der Waals surface area contributed by atoms with Crippen LogP contribution in [-0.4, -0.2) is 54.7 Å². The number of likely N-dealkylation sites (N-methyl/N-ethyl adjacent to an activating group) is 1. The molecular weight excluding hydrogens is 246 g/mol. The van der Waals surface area contributed by atoms with Gasteiger partial charge in [0.25, 0.3) is 0 Å². The predicted octanol–water partition coefficient (Wildman–Crippen LogP) is 0.881. The van der Waals surface area contributed by atoms with Crippen molar-refractivity contribution in [1.29, 1.82) is 0 Å². The maximum Gasteiger partial charge on any atom is 0.405 e. The molecular formula is C13H25N3O3. The molecule has 0 radical (unpaired) electrons. The van der Waals surface area contributed by atoms with E-state index in [0.29, 0.717) is 13.0 Å². The molecule has 1 aliphatic rings. The minimum absolute atomic E-state index is 0.0506. The smallest absolute Gasteiger partial charge is 0.405 e. The fourth-order valence-electron chi connectivity index (χ4n) is 2.40. The average Bonchev–Trinajstić information content (AvgIpc) is 2.94. The predicted molar refractivity (Wildman–Crippen MR) is 73.1 cm³/mol. The fraction of sp³-hybridized carbons (Fsp3) is 0.846. The first kappa shape index (κ1) is 15.8. The summed E-state index contributed by atoms with van der Waals surface area (Å²) in [6, 6.07) is 0. The first-order valence-corrected chi connectivity index (χ1v) is 6.61. The van der Waals surface area contributed by atoms with Gasteiger partial charge < -0.3 is 20.6 Å². The van der Waals surface area contributed by atoms with E-state index in [1.807, 2.05) is 32.8 Å². The Morgan fingerprint density at radius 2 is 1.89 bits per heavy atom. The third-order valence-electron chi connectivity index (χ3n) is 3.41. The summed E-state index contributed by atoms with van der Waals surface area (Å²) in [6.07, 6.45) is 1.17. The molecule has 2 amide bonds. The van der Waals surface area contributed by atoms with Crippen molar-refractivity contribution in [2.75, 3.05) is 27.2 Å². The van der Waals surface area contributed by atoms with E-state index in [1.165, 1.54) is 0 Å². The number of carbonyl (C=O) groups is 2. The second-order valence-corrected chi connectivity index (χ2v) is 6.33. The molecule has 0 bridgehead atoms. The molecule has 0 aromatic heterocycles. The zero-order valence-electron chi connectivity index (χ0n) is 12.2. The van der Waals surface area contributed by atoms with E-state index < -0.39 is 11.6 Å².